The Bertz CT molecular complexity index is 793. The summed E-state index contributed by atoms with van der Waals surface area (Å²) >= 11 is 9.63. The lowest BCUT2D eigenvalue weighted by Crippen LogP contribution is -2.04. The number of rotatable bonds is 2. The Morgan fingerprint density at radius 3 is 2.70 bits per heavy atom. The Hall–Kier alpha value is -1.45. The zero-order valence-electron chi connectivity index (χ0n) is 11.0. The van der Waals surface area contributed by atoms with Gasteiger partial charge in [-0.15, -0.1) is 0 Å². The highest BCUT2D eigenvalue weighted by Gasteiger charge is 2.12. The predicted octanol–water partition coefficient (Wildman–Crippen LogP) is 5.00. The largest absolute Gasteiger partial charge is 0.398 e. The van der Waals surface area contributed by atoms with E-state index < -0.39 is 0 Å². The van der Waals surface area contributed by atoms with Crippen LogP contribution in [0.5, 0.6) is 0 Å². The number of para-hydroxylation sites is 1. The molecule has 0 aliphatic heterocycles. The summed E-state index contributed by atoms with van der Waals surface area (Å²) in [6.07, 6.45) is 0. The average Bonchev–Trinajstić information content (AvgIpc) is 2.67. The summed E-state index contributed by atoms with van der Waals surface area (Å²) in [5.41, 5.74) is 10.3. The molecule has 0 aliphatic carbocycles. The number of hydrogen-bond acceptors (Lipinski definition) is 1. The van der Waals surface area contributed by atoms with Crippen LogP contribution in [-0.4, -0.2) is 4.57 Å². The number of fused-ring (bicyclic) bond motifs is 1. The van der Waals surface area contributed by atoms with Gasteiger partial charge in [-0.25, -0.2) is 0 Å². The molecule has 2 nitrogen and oxygen atoms in total. The van der Waals surface area contributed by atoms with Gasteiger partial charge in [0.25, 0.3) is 0 Å². The standard InChI is InChI=1S/C16H14BrClN2/c1-10-16(17)13-4-2-3-5-15(13)20(10)9-11-6-7-12(18)8-14(11)19/h2-8H,9,19H2,1H3. The molecule has 0 fully saturated rings. The first-order valence-corrected chi connectivity index (χ1v) is 7.52. The van der Waals surface area contributed by atoms with Gasteiger partial charge in [0.15, 0.2) is 0 Å². The van der Waals surface area contributed by atoms with E-state index in [9.17, 15) is 0 Å². The molecule has 4 heteroatoms. The molecule has 0 saturated heterocycles. The van der Waals surface area contributed by atoms with Crippen molar-refractivity contribution in [1.29, 1.82) is 0 Å². The van der Waals surface area contributed by atoms with Crippen molar-refractivity contribution in [2.45, 2.75) is 13.5 Å². The zero-order valence-corrected chi connectivity index (χ0v) is 13.4. The van der Waals surface area contributed by atoms with Crippen molar-refractivity contribution in [3.8, 4) is 0 Å². The van der Waals surface area contributed by atoms with E-state index in [0.717, 1.165) is 22.3 Å². The fourth-order valence-corrected chi connectivity index (χ4v) is 3.20. The van der Waals surface area contributed by atoms with Gasteiger partial charge in [-0.05, 0) is 46.6 Å². The Balaban J connectivity index is 2.13. The second-order valence-electron chi connectivity index (χ2n) is 4.85. The van der Waals surface area contributed by atoms with Crippen molar-refractivity contribution in [3.05, 3.63) is 63.2 Å². The SMILES string of the molecule is Cc1c(Br)c2ccccc2n1Cc1ccc(Cl)cc1N. The van der Waals surface area contributed by atoms with Gasteiger partial charge in [-0.3, -0.25) is 0 Å². The maximum Gasteiger partial charge on any atom is 0.0499 e. The molecule has 20 heavy (non-hydrogen) atoms. The molecule has 1 heterocycles. The smallest absolute Gasteiger partial charge is 0.0499 e. The molecule has 0 spiro atoms. The summed E-state index contributed by atoms with van der Waals surface area (Å²) in [5.74, 6) is 0. The average molecular weight is 350 g/mol. The van der Waals surface area contributed by atoms with Crippen LogP contribution in [0.4, 0.5) is 5.69 Å². The molecule has 2 aromatic carbocycles. The van der Waals surface area contributed by atoms with E-state index >= 15 is 0 Å². The lowest BCUT2D eigenvalue weighted by Gasteiger charge is -2.11. The third-order valence-electron chi connectivity index (χ3n) is 3.59. The molecule has 2 N–H and O–H groups in total. The number of aromatic nitrogens is 1. The van der Waals surface area contributed by atoms with Gasteiger partial charge >= 0.3 is 0 Å². The van der Waals surface area contributed by atoms with Gasteiger partial charge in [0, 0.05) is 38.3 Å². The van der Waals surface area contributed by atoms with E-state index in [-0.39, 0.29) is 0 Å². The van der Waals surface area contributed by atoms with E-state index in [4.69, 9.17) is 17.3 Å². The second kappa shape index (κ2) is 5.15. The van der Waals surface area contributed by atoms with Crippen LogP contribution in [0.3, 0.4) is 0 Å². The molecule has 0 unspecified atom stereocenters. The van der Waals surface area contributed by atoms with Crippen molar-refractivity contribution in [3.63, 3.8) is 0 Å². The van der Waals surface area contributed by atoms with Crippen LogP contribution in [-0.2, 0) is 6.54 Å². The first-order chi connectivity index (χ1) is 9.58. The first-order valence-electron chi connectivity index (χ1n) is 6.35. The summed E-state index contributed by atoms with van der Waals surface area (Å²) in [7, 11) is 0. The molecule has 0 radical (unpaired) electrons. The number of halogens is 2. The van der Waals surface area contributed by atoms with E-state index in [1.54, 1.807) is 6.07 Å². The number of anilines is 1. The zero-order chi connectivity index (χ0) is 14.3. The Morgan fingerprint density at radius 1 is 1.20 bits per heavy atom. The number of nitrogens with two attached hydrogens (primary N) is 1. The van der Waals surface area contributed by atoms with Crippen LogP contribution >= 0.6 is 27.5 Å². The van der Waals surface area contributed by atoms with Gasteiger partial charge < -0.3 is 10.3 Å². The monoisotopic (exact) mass is 348 g/mol. The lowest BCUT2D eigenvalue weighted by molar-refractivity contribution is 0.804. The van der Waals surface area contributed by atoms with Crippen molar-refractivity contribution in [2.75, 3.05) is 5.73 Å². The maximum atomic E-state index is 6.06. The van der Waals surface area contributed by atoms with Gasteiger partial charge in [0.2, 0.25) is 0 Å². The van der Waals surface area contributed by atoms with Gasteiger partial charge in [0.05, 0.1) is 0 Å². The minimum atomic E-state index is 0.668. The minimum absolute atomic E-state index is 0.668. The highest BCUT2D eigenvalue weighted by atomic mass is 79.9. The fraction of sp³-hybridized carbons (Fsp3) is 0.125. The molecular weight excluding hydrogens is 336 g/mol. The van der Waals surface area contributed by atoms with E-state index in [1.165, 1.54) is 16.6 Å². The number of nitrogen functional groups attached to an aromatic ring is 1. The highest BCUT2D eigenvalue weighted by Crippen LogP contribution is 2.31. The first kappa shape index (κ1) is 13.5. The Labute approximate surface area is 131 Å². The topological polar surface area (TPSA) is 30.9 Å². The number of nitrogens with zero attached hydrogens (tertiary/aromatic N) is 1. The van der Waals surface area contributed by atoms with E-state index in [1.807, 2.05) is 18.2 Å². The molecule has 0 amide bonds. The predicted molar refractivity (Wildman–Crippen MR) is 89.3 cm³/mol. The van der Waals surface area contributed by atoms with Gasteiger partial charge in [-0.1, -0.05) is 35.9 Å². The van der Waals surface area contributed by atoms with E-state index in [0.29, 0.717) is 5.02 Å². The van der Waals surface area contributed by atoms with Gasteiger partial charge in [0.1, 0.15) is 0 Å². The number of benzene rings is 2. The summed E-state index contributed by atoms with van der Waals surface area (Å²) in [5, 5.41) is 1.89. The summed E-state index contributed by atoms with van der Waals surface area (Å²) < 4.78 is 3.40. The molecule has 102 valence electrons. The van der Waals surface area contributed by atoms with Crippen LogP contribution in [0.1, 0.15) is 11.3 Å². The van der Waals surface area contributed by atoms with E-state index in [2.05, 4.69) is 45.6 Å². The normalized spacial score (nSPS) is 11.2. The van der Waals surface area contributed by atoms with Crippen molar-refractivity contribution < 1.29 is 0 Å². The highest BCUT2D eigenvalue weighted by molar-refractivity contribution is 9.10. The molecule has 3 rings (SSSR count). The van der Waals surface area contributed by atoms with Gasteiger partial charge in [-0.2, -0.15) is 0 Å². The Morgan fingerprint density at radius 2 is 1.95 bits per heavy atom. The molecule has 0 aliphatic rings. The molecule has 1 aromatic heterocycles. The molecule has 0 saturated carbocycles. The molecular formula is C16H14BrClN2. The summed E-state index contributed by atoms with van der Waals surface area (Å²) in [4.78, 5) is 0. The maximum absolute atomic E-state index is 6.06. The van der Waals surface area contributed by atoms with Crippen LogP contribution in [0, 0.1) is 6.92 Å². The van der Waals surface area contributed by atoms with Crippen LogP contribution < -0.4 is 5.73 Å². The van der Waals surface area contributed by atoms with Crippen LogP contribution in [0.15, 0.2) is 46.9 Å². The summed E-state index contributed by atoms with van der Waals surface area (Å²) in [6.45, 7) is 2.84. The van der Waals surface area contributed by atoms with Crippen LogP contribution in [0.25, 0.3) is 10.9 Å². The third kappa shape index (κ3) is 2.21. The summed E-state index contributed by atoms with van der Waals surface area (Å²) in [6, 6.07) is 14.0. The number of hydrogen-bond donors (Lipinski definition) is 1. The van der Waals surface area contributed by atoms with Crippen molar-refractivity contribution in [1.82, 2.24) is 4.57 Å². The lowest BCUT2D eigenvalue weighted by atomic mass is 10.2. The van der Waals surface area contributed by atoms with Crippen LogP contribution in [0.2, 0.25) is 5.02 Å². The molecule has 0 bridgehead atoms. The second-order valence-corrected chi connectivity index (χ2v) is 6.08. The van der Waals surface area contributed by atoms with Crippen molar-refractivity contribution in [2.24, 2.45) is 0 Å². The minimum Gasteiger partial charge on any atom is -0.398 e. The van der Waals surface area contributed by atoms with Crippen molar-refractivity contribution >= 4 is 44.1 Å². The fourth-order valence-electron chi connectivity index (χ4n) is 2.47. The molecule has 3 aromatic rings. The quantitative estimate of drug-likeness (QED) is 0.649. The third-order valence-corrected chi connectivity index (χ3v) is 4.83. The Kier molecular flexibility index (Phi) is 3.48. The molecule has 0 atom stereocenters.